The van der Waals surface area contributed by atoms with Crippen LogP contribution in [0.4, 0.5) is 23.7 Å². The fraction of sp³-hybridized carbons (Fsp3) is 0.353. The fourth-order valence-corrected chi connectivity index (χ4v) is 6.19. The van der Waals surface area contributed by atoms with E-state index in [2.05, 4.69) is 49.9 Å². The third kappa shape index (κ3) is 9.06. The minimum atomic E-state index is -4.74. The van der Waals surface area contributed by atoms with E-state index in [1.54, 1.807) is 18.9 Å². The SMILES string of the molecule is COc1ccc(C(C)C)c(N2CCS/C2=N\C(=O)NC(C)CCCc2ccc(-c3ncn(-c4ccc(OC(F)(F)F)cc4)n3)cc2)c1. The number of hydrogen-bond donors (Lipinski definition) is 1. The highest BCUT2D eigenvalue weighted by Gasteiger charge is 2.31. The van der Waals surface area contributed by atoms with Crippen molar-refractivity contribution in [2.75, 3.05) is 24.3 Å². The molecule has 3 aromatic carbocycles. The Hall–Kier alpha value is -4.52. The Morgan fingerprint density at radius 1 is 1.04 bits per heavy atom. The van der Waals surface area contributed by atoms with Crippen LogP contribution in [0.15, 0.2) is 78.0 Å². The van der Waals surface area contributed by atoms with Crippen LogP contribution in [0.5, 0.6) is 11.5 Å². The number of nitrogens with zero attached hydrogens (tertiary/aromatic N) is 5. The lowest BCUT2D eigenvalue weighted by Gasteiger charge is -2.24. The molecular formula is C34H37F3N6O3S. The van der Waals surface area contributed by atoms with Crippen molar-refractivity contribution in [2.24, 2.45) is 4.99 Å². The van der Waals surface area contributed by atoms with Crippen LogP contribution in [0.3, 0.4) is 0 Å². The largest absolute Gasteiger partial charge is 0.573 e. The zero-order chi connectivity index (χ0) is 33.6. The summed E-state index contributed by atoms with van der Waals surface area (Å²) >= 11 is 1.58. The normalized spacial score (nSPS) is 14.9. The molecule has 1 unspecified atom stereocenters. The van der Waals surface area contributed by atoms with E-state index in [1.807, 2.05) is 43.3 Å². The van der Waals surface area contributed by atoms with Gasteiger partial charge in [-0.1, -0.05) is 55.9 Å². The van der Waals surface area contributed by atoms with Crippen molar-refractivity contribution >= 4 is 28.6 Å². The average molecular weight is 667 g/mol. The molecule has 1 atom stereocenters. The number of amidine groups is 1. The van der Waals surface area contributed by atoms with Crippen LogP contribution < -0.4 is 19.7 Å². The van der Waals surface area contributed by atoms with Gasteiger partial charge in [-0.05, 0) is 73.6 Å². The number of carbonyl (C=O) groups is 1. The molecular weight excluding hydrogens is 629 g/mol. The average Bonchev–Trinajstić information content (AvgIpc) is 3.71. The van der Waals surface area contributed by atoms with E-state index in [1.165, 1.54) is 40.8 Å². The van der Waals surface area contributed by atoms with Gasteiger partial charge in [0.1, 0.15) is 17.8 Å². The minimum Gasteiger partial charge on any atom is -0.497 e. The molecule has 2 heterocycles. The third-order valence-electron chi connectivity index (χ3n) is 7.64. The van der Waals surface area contributed by atoms with Gasteiger partial charge in [0.2, 0.25) is 0 Å². The number of carbonyl (C=O) groups excluding carboxylic acids is 1. The van der Waals surface area contributed by atoms with Gasteiger partial charge in [0, 0.05) is 35.7 Å². The van der Waals surface area contributed by atoms with Crippen LogP contribution in [-0.4, -0.2) is 57.8 Å². The van der Waals surface area contributed by atoms with Gasteiger partial charge in [0.25, 0.3) is 0 Å². The first-order valence-corrected chi connectivity index (χ1v) is 16.3. The Bertz CT molecular complexity index is 1690. The number of urea groups is 1. The predicted octanol–water partition coefficient (Wildman–Crippen LogP) is 8.00. The number of halogens is 3. The number of alkyl halides is 3. The molecule has 248 valence electrons. The topological polar surface area (TPSA) is 93.9 Å². The molecule has 9 nitrogen and oxygen atoms in total. The highest BCUT2D eigenvalue weighted by Crippen LogP contribution is 2.35. The molecule has 1 aliphatic rings. The van der Waals surface area contributed by atoms with Crippen molar-refractivity contribution in [3.8, 4) is 28.6 Å². The first-order valence-electron chi connectivity index (χ1n) is 15.3. The van der Waals surface area contributed by atoms with Crippen LogP contribution in [0.2, 0.25) is 0 Å². The van der Waals surface area contributed by atoms with Gasteiger partial charge in [-0.15, -0.1) is 18.3 Å². The van der Waals surface area contributed by atoms with E-state index >= 15 is 0 Å². The van der Waals surface area contributed by atoms with Crippen LogP contribution in [0.1, 0.15) is 50.7 Å². The lowest BCUT2D eigenvalue weighted by atomic mass is 10.00. The second-order valence-corrected chi connectivity index (χ2v) is 12.5. The van der Waals surface area contributed by atoms with Gasteiger partial charge >= 0.3 is 12.4 Å². The number of amides is 2. The van der Waals surface area contributed by atoms with Gasteiger partial charge in [-0.2, -0.15) is 4.99 Å². The standard InChI is InChI=1S/C34H37F3N6O3S/c1-22(2)29-17-16-28(45-4)20-30(29)42-18-19-47-33(42)40-32(44)39-23(3)6-5-7-24-8-10-25(11-9-24)31-38-21-43(41-31)26-12-14-27(15-13-26)46-34(35,36)37/h8-17,20-23H,5-7,18-19H2,1-4H3,(H,39,44)/b40-33-. The number of methoxy groups -OCH3 is 1. The summed E-state index contributed by atoms with van der Waals surface area (Å²) in [6.07, 6.45) is -0.733. The van der Waals surface area contributed by atoms with Gasteiger partial charge in [0.15, 0.2) is 11.0 Å². The number of aromatic nitrogens is 3. The Morgan fingerprint density at radius 3 is 2.45 bits per heavy atom. The zero-order valence-electron chi connectivity index (χ0n) is 26.6. The maximum atomic E-state index is 12.9. The van der Waals surface area contributed by atoms with E-state index in [4.69, 9.17) is 4.74 Å². The number of anilines is 1. The molecule has 1 aromatic heterocycles. The summed E-state index contributed by atoms with van der Waals surface area (Å²) < 4.78 is 48.1. The molecule has 1 aliphatic heterocycles. The van der Waals surface area contributed by atoms with Gasteiger partial charge < -0.3 is 19.7 Å². The summed E-state index contributed by atoms with van der Waals surface area (Å²) in [5, 5.41) is 8.17. The van der Waals surface area contributed by atoms with Gasteiger partial charge in [0.05, 0.1) is 12.8 Å². The number of benzene rings is 3. The van der Waals surface area contributed by atoms with Gasteiger partial charge in [-0.25, -0.2) is 14.5 Å². The molecule has 1 N–H and O–H groups in total. The highest BCUT2D eigenvalue weighted by molar-refractivity contribution is 8.14. The molecule has 0 radical (unpaired) electrons. The summed E-state index contributed by atoms with van der Waals surface area (Å²) in [4.78, 5) is 23.7. The third-order valence-corrected chi connectivity index (χ3v) is 8.59. The number of nitrogens with one attached hydrogen (secondary N) is 1. The molecule has 13 heteroatoms. The van der Waals surface area contributed by atoms with E-state index in [-0.39, 0.29) is 17.8 Å². The molecule has 5 rings (SSSR count). The first kappa shape index (κ1) is 33.8. The number of aliphatic imine (C=N–C) groups is 1. The van der Waals surface area contributed by atoms with E-state index in [9.17, 15) is 18.0 Å². The van der Waals surface area contributed by atoms with Crippen molar-refractivity contribution in [3.05, 3.63) is 84.2 Å². The lowest BCUT2D eigenvalue weighted by molar-refractivity contribution is -0.274. The minimum absolute atomic E-state index is 0.0451. The Kier molecular flexibility index (Phi) is 10.7. The fourth-order valence-electron chi connectivity index (χ4n) is 5.25. The summed E-state index contributed by atoms with van der Waals surface area (Å²) in [6.45, 7) is 7.05. The van der Waals surface area contributed by atoms with E-state index in [0.29, 0.717) is 22.6 Å². The van der Waals surface area contributed by atoms with Crippen LogP contribution in [0, 0.1) is 0 Å². The number of aryl methyl sites for hydroxylation is 1. The van der Waals surface area contributed by atoms with Crippen molar-refractivity contribution in [3.63, 3.8) is 0 Å². The molecule has 1 saturated heterocycles. The first-order chi connectivity index (χ1) is 22.5. The molecule has 2 amide bonds. The van der Waals surface area contributed by atoms with Crippen molar-refractivity contribution in [1.29, 1.82) is 0 Å². The van der Waals surface area contributed by atoms with Gasteiger partial charge in [-0.3, -0.25) is 0 Å². The quantitative estimate of drug-likeness (QED) is 0.173. The molecule has 0 spiro atoms. The monoisotopic (exact) mass is 666 g/mol. The van der Waals surface area contributed by atoms with E-state index < -0.39 is 6.36 Å². The van der Waals surface area contributed by atoms with E-state index in [0.717, 1.165) is 54.1 Å². The number of thioether (sulfide) groups is 1. The summed E-state index contributed by atoms with van der Waals surface area (Å²) in [5.41, 5.74) is 4.72. The van der Waals surface area contributed by atoms with Crippen molar-refractivity contribution in [1.82, 2.24) is 20.1 Å². The molecule has 4 aromatic rings. The smallest absolute Gasteiger partial charge is 0.497 e. The van der Waals surface area contributed by atoms with Crippen LogP contribution in [-0.2, 0) is 6.42 Å². The van der Waals surface area contributed by atoms with Crippen LogP contribution in [0.25, 0.3) is 17.1 Å². The molecule has 47 heavy (non-hydrogen) atoms. The predicted molar refractivity (Wildman–Crippen MR) is 179 cm³/mol. The Balaban J connectivity index is 1.11. The Morgan fingerprint density at radius 2 is 1.77 bits per heavy atom. The van der Waals surface area contributed by atoms with Crippen LogP contribution >= 0.6 is 11.8 Å². The molecule has 0 saturated carbocycles. The second-order valence-electron chi connectivity index (χ2n) is 11.5. The molecule has 0 aliphatic carbocycles. The van der Waals surface area contributed by atoms with Crippen molar-refractivity contribution < 1.29 is 27.4 Å². The number of hydrogen-bond acceptors (Lipinski definition) is 6. The lowest BCUT2D eigenvalue weighted by Crippen LogP contribution is -2.33. The Labute approximate surface area is 276 Å². The second kappa shape index (κ2) is 14.9. The summed E-state index contributed by atoms with van der Waals surface area (Å²) in [7, 11) is 1.65. The molecule has 1 fully saturated rings. The summed E-state index contributed by atoms with van der Waals surface area (Å²) in [5.74, 6) is 2.13. The summed E-state index contributed by atoms with van der Waals surface area (Å²) in [6, 6.07) is 19.0. The zero-order valence-corrected chi connectivity index (χ0v) is 27.4. The maximum absolute atomic E-state index is 12.9. The molecule has 0 bridgehead atoms. The highest BCUT2D eigenvalue weighted by atomic mass is 32.2. The van der Waals surface area contributed by atoms with Crippen molar-refractivity contribution in [2.45, 2.75) is 58.4 Å². The maximum Gasteiger partial charge on any atom is 0.573 e. The number of rotatable bonds is 11. The number of ether oxygens (including phenoxy) is 2.